The van der Waals surface area contributed by atoms with Crippen LogP contribution < -0.4 is 15.5 Å². The zero-order chi connectivity index (χ0) is 20.9. The SMILES string of the molecule is O=C(Nc1cc(F)cc(F)c1)N1CCN(c2ccc(Nc3ccccn3)nn2)CC1. The number of nitrogens with zero attached hydrogens (tertiary/aromatic N) is 5. The highest BCUT2D eigenvalue weighted by atomic mass is 19.1. The van der Waals surface area contributed by atoms with Crippen molar-refractivity contribution in [3.63, 3.8) is 0 Å². The van der Waals surface area contributed by atoms with Crippen LogP contribution in [0.1, 0.15) is 0 Å². The molecule has 0 spiro atoms. The normalized spacial score (nSPS) is 13.8. The van der Waals surface area contributed by atoms with E-state index in [1.54, 1.807) is 11.1 Å². The number of aromatic nitrogens is 3. The van der Waals surface area contributed by atoms with Gasteiger partial charge in [-0.25, -0.2) is 18.6 Å². The molecule has 8 nitrogen and oxygen atoms in total. The average Bonchev–Trinajstić information content (AvgIpc) is 2.74. The molecular formula is C20H19F2N7O. The summed E-state index contributed by atoms with van der Waals surface area (Å²) in [6.45, 7) is 2.01. The minimum Gasteiger partial charge on any atom is -0.352 e. The number of urea groups is 1. The molecule has 0 unspecified atom stereocenters. The number of amides is 2. The molecule has 0 saturated carbocycles. The van der Waals surface area contributed by atoms with Crippen LogP contribution in [0.2, 0.25) is 0 Å². The largest absolute Gasteiger partial charge is 0.352 e. The van der Waals surface area contributed by atoms with Crippen LogP contribution in [0.5, 0.6) is 0 Å². The van der Waals surface area contributed by atoms with Gasteiger partial charge in [-0.2, -0.15) is 0 Å². The second kappa shape index (κ2) is 8.68. The monoisotopic (exact) mass is 411 g/mol. The summed E-state index contributed by atoms with van der Waals surface area (Å²) in [5.74, 6) is 0.480. The molecule has 2 aromatic heterocycles. The van der Waals surface area contributed by atoms with Crippen molar-refractivity contribution >= 4 is 29.2 Å². The number of hydrogen-bond acceptors (Lipinski definition) is 6. The van der Waals surface area contributed by atoms with Gasteiger partial charge in [-0.1, -0.05) is 6.07 Å². The maximum Gasteiger partial charge on any atom is 0.321 e. The molecule has 0 bridgehead atoms. The summed E-state index contributed by atoms with van der Waals surface area (Å²) in [6.07, 6.45) is 1.69. The Hall–Kier alpha value is -3.82. The Bertz CT molecular complexity index is 989. The van der Waals surface area contributed by atoms with Gasteiger partial charge in [-0.15, -0.1) is 10.2 Å². The molecule has 1 aliphatic rings. The fourth-order valence-corrected chi connectivity index (χ4v) is 3.10. The lowest BCUT2D eigenvalue weighted by atomic mass is 10.3. The van der Waals surface area contributed by atoms with Crippen LogP contribution in [0, 0.1) is 11.6 Å². The Balaban J connectivity index is 1.31. The zero-order valence-electron chi connectivity index (χ0n) is 15.9. The molecular weight excluding hydrogens is 392 g/mol. The van der Waals surface area contributed by atoms with Gasteiger partial charge in [0, 0.05) is 44.1 Å². The van der Waals surface area contributed by atoms with Gasteiger partial charge in [0.25, 0.3) is 0 Å². The lowest BCUT2D eigenvalue weighted by molar-refractivity contribution is 0.208. The van der Waals surface area contributed by atoms with Crippen molar-refractivity contribution in [1.29, 1.82) is 0 Å². The van der Waals surface area contributed by atoms with Crippen LogP contribution in [0.25, 0.3) is 0 Å². The Morgan fingerprint density at radius 3 is 2.30 bits per heavy atom. The smallest absolute Gasteiger partial charge is 0.321 e. The van der Waals surface area contributed by atoms with E-state index in [0.717, 1.165) is 18.2 Å². The number of hydrogen-bond donors (Lipinski definition) is 2. The number of benzene rings is 1. The topological polar surface area (TPSA) is 86.3 Å². The first kappa shape index (κ1) is 19.5. The molecule has 3 heterocycles. The van der Waals surface area contributed by atoms with E-state index >= 15 is 0 Å². The number of halogens is 2. The van der Waals surface area contributed by atoms with E-state index in [0.29, 0.717) is 43.6 Å². The van der Waals surface area contributed by atoms with Crippen molar-refractivity contribution in [2.45, 2.75) is 0 Å². The predicted octanol–water partition coefficient (Wildman–Crippen LogP) is 3.25. The van der Waals surface area contributed by atoms with Crippen LogP contribution in [0.3, 0.4) is 0 Å². The summed E-state index contributed by atoms with van der Waals surface area (Å²) in [5, 5.41) is 14.0. The van der Waals surface area contributed by atoms with Crippen molar-refractivity contribution in [1.82, 2.24) is 20.1 Å². The Morgan fingerprint density at radius 1 is 0.900 bits per heavy atom. The molecule has 4 rings (SSSR count). The molecule has 1 fully saturated rings. The third-order valence-corrected chi connectivity index (χ3v) is 4.58. The summed E-state index contributed by atoms with van der Waals surface area (Å²) in [4.78, 5) is 20.1. The maximum absolute atomic E-state index is 13.3. The fourth-order valence-electron chi connectivity index (χ4n) is 3.10. The van der Waals surface area contributed by atoms with E-state index in [2.05, 4.69) is 25.8 Å². The summed E-state index contributed by atoms with van der Waals surface area (Å²) in [7, 11) is 0. The highest BCUT2D eigenvalue weighted by Gasteiger charge is 2.22. The van der Waals surface area contributed by atoms with Crippen LogP contribution >= 0.6 is 0 Å². The zero-order valence-corrected chi connectivity index (χ0v) is 15.9. The quantitative estimate of drug-likeness (QED) is 0.686. The molecule has 0 radical (unpaired) electrons. The Morgan fingerprint density at radius 2 is 1.67 bits per heavy atom. The van der Waals surface area contributed by atoms with Crippen molar-refractivity contribution in [3.8, 4) is 0 Å². The second-order valence-electron chi connectivity index (χ2n) is 6.68. The van der Waals surface area contributed by atoms with E-state index < -0.39 is 17.7 Å². The highest BCUT2D eigenvalue weighted by molar-refractivity contribution is 5.89. The van der Waals surface area contributed by atoms with Crippen molar-refractivity contribution in [3.05, 3.63) is 66.4 Å². The lowest BCUT2D eigenvalue weighted by Crippen LogP contribution is -2.50. The number of nitrogens with one attached hydrogen (secondary N) is 2. The van der Waals surface area contributed by atoms with Gasteiger partial charge in [-0.3, -0.25) is 0 Å². The first-order chi connectivity index (χ1) is 14.6. The molecule has 10 heteroatoms. The van der Waals surface area contributed by atoms with Gasteiger partial charge in [0.05, 0.1) is 0 Å². The molecule has 2 N–H and O–H groups in total. The van der Waals surface area contributed by atoms with Gasteiger partial charge in [0.1, 0.15) is 17.5 Å². The van der Waals surface area contributed by atoms with Gasteiger partial charge < -0.3 is 20.4 Å². The summed E-state index contributed by atoms with van der Waals surface area (Å²) in [6, 6.07) is 11.7. The van der Waals surface area contributed by atoms with Gasteiger partial charge in [0.15, 0.2) is 11.6 Å². The third kappa shape index (κ3) is 4.77. The number of carbonyl (C=O) groups is 1. The molecule has 30 heavy (non-hydrogen) atoms. The van der Waals surface area contributed by atoms with E-state index in [4.69, 9.17) is 0 Å². The Kier molecular flexibility index (Phi) is 5.64. The Labute approximate surface area is 171 Å². The van der Waals surface area contributed by atoms with Crippen molar-refractivity contribution in [2.75, 3.05) is 41.7 Å². The lowest BCUT2D eigenvalue weighted by Gasteiger charge is -2.35. The number of rotatable bonds is 4. The molecule has 1 saturated heterocycles. The van der Waals surface area contributed by atoms with E-state index in [-0.39, 0.29) is 5.69 Å². The van der Waals surface area contributed by atoms with Crippen LogP contribution in [-0.2, 0) is 0 Å². The molecule has 3 aromatic rings. The first-order valence-electron chi connectivity index (χ1n) is 9.35. The van der Waals surface area contributed by atoms with Crippen molar-refractivity contribution in [2.24, 2.45) is 0 Å². The summed E-state index contributed by atoms with van der Waals surface area (Å²) < 4.78 is 26.6. The van der Waals surface area contributed by atoms with Crippen LogP contribution in [0.15, 0.2) is 54.7 Å². The highest BCUT2D eigenvalue weighted by Crippen LogP contribution is 2.18. The summed E-state index contributed by atoms with van der Waals surface area (Å²) in [5.41, 5.74) is 0.0850. The summed E-state index contributed by atoms with van der Waals surface area (Å²) >= 11 is 0. The predicted molar refractivity (Wildman–Crippen MR) is 109 cm³/mol. The molecule has 0 aliphatic carbocycles. The second-order valence-corrected chi connectivity index (χ2v) is 6.68. The minimum atomic E-state index is -0.741. The third-order valence-electron chi connectivity index (χ3n) is 4.58. The molecule has 154 valence electrons. The van der Waals surface area contributed by atoms with Gasteiger partial charge in [0.2, 0.25) is 0 Å². The van der Waals surface area contributed by atoms with Crippen LogP contribution in [0.4, 0.5) is 36.7 Å². The van der Waals surface area contributed by atoms with Gasteiger partial charge in [-0.05, 0) is 36.4 Å². The molecule has 2 amide bonds. The van der Waals surface area contributed by atoms with E-state index in [1.165, 1.54) is 0 Å². The number of piperazine rings is 1. The molecule has 0 atom stereocenters. The van der Waals surface area contributed by atoms with Crippen molar-refractivity contribution < 1.29 is 13.6 Å². The minimum absolute atomic E-state index is 0.0850. The number of pyridine rings is 1. The number of anilines is 4. The van der Waals surface area contributed by atoms with E-state index in [9.17, 15) is 13.6 Å². The maximum atomic E-state index is 13.3. The molecule has 1 aromatic carbocycles. The molecule has 1 aliphatic heterocycles. The number of carbonyl (C=O) groups excluding carboxylic acids is 1. The van der Waals surface area contributed by atoms with Gasteiger partial charge >= 0.3 is 6.03 Å². The average molecular weight is 411 g/mol. The fraction of sp³-hybridized carbons (Fsp3) is 0.200. The van der Waals surface area contributed by atoms with Crippen LogP contribution in [-0.4, -0.2) is 52.3 Å². The first-order valence-corrected chi connectivity index (χ1v) is 9.35. The van der Waals surface area contributed by atoms with E-state index in [1.807, 2.05) is 35.2 Å². The standard InChI is InChI=1S/C20H19F2N7O/c21-14-11-15(22)13-16(12-14)24-20(30)29-9-7-28(8-10-29)19-5-4-18(26-27-19)25-17-3-1-2-6-23-17/h1-6,11-13H,7-10H2,(H,24,30)(H,23,25,26).